The summed E-state index contributed by atoms with van der Waals surface area (Å²) in [7, 11) is 1.90. The second-order valence-electron chi connectivity index (χ2n) is 7.88. The Kier molecular flexibility index (Phi) is 5.96. The van der Waals surface area contributed by atoms with E-state index in [0.29, 0.717) is 34.1 Å². The summed E-state index contributed by atoms with van der Waals surface area (Å²) in [6.45, 7) is 6.24. The van der Waals surface area contributed by atoms with Crippen molar-refractivity contribution in [2.45, 2.75) is 33.4 Å². The second kappa shape index (κ2) is 8.84. The molecule has 32 heavy (non-hydrogen) atoms. The molecule has 0 spiro atoms. The highest BCUT2D eigenvalue weighted by molar-refractivity contribution is 5.68. The predicted octanol–water partition coefficient (Wildman–Crippen LogP) is 4.62. The van der Waals surface area contributed by atoms with Gasteiger partial charge in [0.1, 0.15) is 11.4 Å². The standard InChI is InChI=1S/C24H24FN5O2.H2/c1-14(2)30-13-18(9-19(25)24(30)31)21-12-27-15(3)23(28-21)22-10-20(29-32-22)17-7-5-16(6-8-17)11-26-4;/h5-10,12-14,26H,11H2,1-4H3;1H. The molecule has 4 rings (SSSR count). The highest BCUT2D eigenvalue weighted by Crippen LogP contribution is 2.28. The van der Waals surface area contributed by atoms with Crippen molar-refractivity contribution in [3.05, 3.63) is 76.2 Å². The molecule has 0 saturated heterocycles. The molecule has 0 radical (unpaired) electrons. The molecule has 0 fully saturated rings. The van der Waals surface area contributed by atoms with E-state index in [2.05, 4.69) is 20.4 Å². The molecule has 3 heterocycles. The van der Waals surface area contributed by atoms with E-state index in [4.69, 9.17) is 4.52 Å². The molecule has 0 aliphatic carbocycles. The fraction of sp³-hybridized carbons (Fsp3) is 0.250. The molecule has 0 atom stereocenters. The summed E-state index contributed by atoms with van der Waals surface area (Å²) in [5.41, 5.74) is 4.18. The van der Waals surface area contributed by atoms with Gasteiger partial charge in [-0.3, -0.25) is 9.78 Å². The summed E-state index contributed by atoms with van der Waals surface area (Å²) in [5.74, 6) is -0.368. The first-order chi connectivity index (χ1) is 15.4. The molecule has 1 N–H and O–H groups in total. The van der Waals surface area contributed by atoms with Gasteiger partial charge in [0.25, 0.3) is 5.56 Å². The van der Waals surface area contributed by atoms with E-state index in [1.807, 2.05) is 58.2 Å². The van der Waals surface area contributed by atoms with E-state index in [1.54, 1.807) is 12.4 Å². The lowest BCUT2D eigenvalue weighted by Crippen LogP contribution is -2.24. The van der Waals surface area contributed by atoms with E-state index >= 15 is 0 Å². The quantitative estimate of drug-likeness (QED) is 0.476. The Bertz CT molecular complexity index is 1320. The molecule has 0 bridgehead atoms. The maximum Gasteiger partial charge on any atom is 0.286 e. The van der Waals surface area contributed by atoms with Crippen LogP contribution < -0.4 is 10.9 Å². The minimum Gasteiger partial charge on any atom is -0.354 e. The van der Waals surface area contributed by atoms with Gasteiger partial charge >= 0.3 is 0 Å². The Morgan fingerprint density at radius 3 is 2.59 bits per heavy atom. The molecule has 166 valence electrons. The smallest absolute Gasteiger partial charge is 0.286 e. The third-order valence-electron chi connectivity index (χ3n) is 5.18. The largest absolute Gasteiger partial charge is 0.354 e. The van der Waals surface area contributed by atoms with Crippen LogP contribution >= 0.6 is 0 Å². The Morgan fingerprint density at radius 1 is 1.16 bits per heavy atom. The number of benzene rings is 1. The van der Waals surface area contributed by atoms with Crippen molar-refractivity contribution >= 4 is 0 Å². The first-order valence-electron chi connectivity index (χ1n) is 10.3. The number of halogens is 1. The predicted molar refractivity (Wildman–Crippen MR) is 123 cm³/mol. The van der Waals surface area contributed by atoms with Crippen LogP contribution in [0.15, 0.2) is 58.1 Å². The monoisotopic (exact) mass is 435 g/mol. The van der Waals surface area contributed by atoms with Crippen molar-refractivity contribution in [3.8, 4) is 34.0 Å². The summed E-state index contributed by atoms with van der Waals surface area (Å²) < 4.78 is 21.2. The van der Waals surface area contributed by atoms with Gasteiger partial charge in [0.05, 0.1) is 17.6 Å². The number of aryl methyl sites for hydroxylation is 1. The van der Waals surface area contributed by atoms with Gasteiger partial charge in [-0.25, -0.2) is 9.37 Å². The number of nitrogens with zero attached hydrogens (tertiary/aromatic N) is 4. The maximum atomic E-state index is 14.2. The van der Waals surface area contributed by atoms with E-state index in [-0.39, 0.29) is 7.47 Å². The van der Waals surface area contributed by atoms with Crippen molar-refractivity contribution in [3.63, 3.8) is 0 Å². The molecule has 4 aromatic rings. The number of pyridine rings is 1. The van der Waals surface area contributed by atoms with Crippen LogP contribution in [-0.2, 0) is 6.54 Å². The van der Waals surface area contributed by atoms with Crippen molar-refractivity contribution in [1.29, 1.82) is 0 Å². The zero-order valence-electron chi connectivity index (χ0n) is 18.4. The van der Waals surface area contributed by atoms with Crippen LogP contribution in [0.25, 0.3) is 34.0 Å². The van der Waals surface area contributed by atoms with Gasteiger partial charge < -0.3 is 14.4 Å². The third-order valence-corrected chi connectivity index (χ3v) is 5.18. The number of hydrogen-bond donors (Lipinski definition) is 1. The van der Waals surface area contributed by atoms with Crippen molar-refractivity contribution in [1.82, 2.24) is 25.0 Å². The molecule has 0 aliphatic heterocycles. The normalized spacial score (nSPS) is 11.3. The molecule has 0 amide bonds. The lowest BCUT2D eigenvalue weighted by Gasteiger charge is -2.12. The van der Waals surface area contributed by atoms with Gasteiger partial charge in [-0.2, -0.15) is 0 Å². The minimum atomic E-state index is -0.830. The van der Waals surface area contributed by atoms with Crippen LogP contribution in [0.2, 0.25) is 0 Å². The Balaban J connectivity index is 0.00000306. The second-order valence-corrected chi connectivity index (χ2v) is 7.88. The first-order valence-corrected chi connectivity index (χ1v) is 10.3. The van der Waals surface area contributed by atoms with Gasteiger partial charge in [0.15, 0.2) is 11.6 Å². The molecule has 0 aliphatic rings. The van der Waals surface area contributed by atoms with Crippen molar-refractivity contribution in [2.24, 2.45) is 0 Å². The van der Waals surface area contributed by atoms with E-state index in [9.17, 15) is 9.18 Å². The van der Waals surface area contributed by atoms with Crippen LogP contribution in [-0.4, -0.2) is 26.7 Å². The fourth-order valence-electron chi connectivity index (χ4n) is 3.43. The van der Waals surface area contributed by atoms with Gasteiger partial charge in [-0.15, -0.1) is 0 Å². The SMILES string of the molecule is CNCc1ccc(-c2cc(-c3nc(-c4cc(F)c(=O)n(C(C)C)c4)cnc3C)on2)cc1.[HH]. The Hall–Kier alpha value is -3.65. The Morgan fingerprint density at radius 2 is 1.91 bits per heavy atom. The van der Waals surface area contributed by atoms with Crippen LogP contribution in [0.5, 0.6) is 0 Å². The summed E-state index contributed by atoms with van der Waals surface area (Å²) in [6, 6.07) is 10.8. The van der Waals surface area contributed by atoms with Crippen LogP contribution in [0, 0.1) is 12.7 Å². The molecular weight excluding hydrogens is 409 g/mol. The third kappa shape index (κ3) is 4.22. The van der Waals surface area contributed by atoms with Crippen molar-refractivity contribution in [2.75, 3.05) is 7.05 Å². The van der Waals surface area contributed by atoms with Gasteiger partial charge in [-0.05, 0) is 39.4 Å². The molecule has 7 nitrogen and oxygen atoms in total. The van der Waals surface area contributed by atoms with Gasteiger partial charge in [0.2, 0.25) is 0 Å². The molecule has 0 saturated carbocycles. The molecule has 1 aromatic carbocycles. The average molecular weight is 436 g/mol. The van der Waals surface area contributed by atoms with Gasteiger partial charge in [0, 0.05) is 37.4 Å². The zero-order valence-corrected chi connectivity index (χ0v) is 18.4. The number of rotatable bonds is 6. The Labute approximate surface area is 186 Å². The minimum absolute atomic E-state index is 0. The van der Waals surface area contributed by atoms with Crippen molar-refractivity contribution < 1.29 is 10.3 Å². The molecule has 0 unspecified atom stereocenters. The van der Waals surface area contributed by atoms with Gasteiger partial charge in [-0.1, -0.05) is 29.4 Å². The maximum absolute atomic E-state index is 14.2. The summed E-state index contributed by atoms with van der Waals surface area (Å²) >= 11 is 0. The summed E-state index contributed by atoms with van der Waals surface area (Å²) in [6.07, 6.45) is 3.15. The van der Waals surface area contributed by atoms with E-state index < -0.39 is 11.4 Å². The average Bonchev–Trinajstić information content (AvgIpc) is 3.26. The van der Waals surface area contributed by atoms with Crippen LogP contribution in [0.3, 0.4) is 0 Å². The van der Waals surface area contributed by atoms with Crippen LogP contribution in [0.4, 0.5) is 4.39 Å². The zero-order chi connectivity index (χ0) is 22.8. The number of hydrogen-bond acceptors (Lipinski definition) is 6. The number of aromatic nitrogens is 4. The summed E-state index contributed by atoms with van der Waals surface area (Å²) in [4.78, 5) is 21.1. The fourth-order valence-corrected chi connectivity index (χ4v) is 3.43. The lowest BCUT2D eigenvalue weighted by molar-refractivity contribution is 0.433. The highest BCUT2D eigenvalue weighted by Gasteiger charge is 2.16. The first kappa shape index (κ1) is 21.6. The topological polar surface area (TPSA) is 85.8 Å². The van der Waals surface area contributed by atoms with Crippen LogP contribution in [0.1, 0.15) is 32.6 Å². The molecular formula is C24H26FN5O2. The summed E-state index contributed by atoms with van der Waals surface area (Å²) in [5, 5.41) is 7.30. The molecule has 3 aromatic heterocycles. The highest BCUT2D eigenvalue weighted by atomic mass is 19.1. The van der Waals surface area contributed by atoms with E-state index in [1.165, 1.54) is 16.2 Å². The van der Waals surface area contributed by atoms with E-state index in [0.717, 1.165) is 12.1 Å². The number of nitrogens with one attached hydrogen (secondary N) is 1. The molecule has 8 heteroatoms. The lowest BCUT2D eigenvalue weighted by atomic mass is 10.1.